The summed E-state index contributed by atoms with van der Waals surface area (Å²) >= 11 is 5.26. The second-order valence-electron chi connectivity index (χ2n) is 3.50. The van der Waals surface area contributed by atoms with Gasteiger partial charge in [-0.05, 0) is 60.0 Å². The van der Waals surface area contributed by atoms with Crippen LogP contribution in [-0.2, 0) is 6.42 Å². The molecule has 1 aromatic rings. The van der Waals surface area contributed by atoms with E-state index in [-0.39, 0.29) is 0 Å². The third kappa shape index (κ3) is 4.55. The highest BCUT2D eigenvalue weighted by Crippen LogP contribution is 2.21. The third-order valence-corrected chi connectivity index (χ3v) is 3.76. The third-order valence-electron chi connectivity index (χ3n) is 2.07. The van der Waals surface area contributed by atoms with Gasteiger partial charge in [-0.15, -0.1) is 11.3 Å². The van der Waals surface area contributed by atoms with Crippen LogP contribution in [0.3, 0.4) is 0 Å². The fourth-order valence-corrected chi connectivity index (χ4v) is 2.61. The minimum atomic E-state index is 0.574. The Kier molecular flexibility index (Phi) is 5.70. The zero-order valence-electron chi connectivity index (χ0n) is 8.42. The molecule has 2 nitrogen and oxygen atoms in total. The van der Waals surface area contributed by atoms with Gasteiger partial charge in [0.15, 0.2) is 0 Å². The first-order valence-corrected chi connectivity index (χ1v) is 6.48. The molecular formula is C10H17BrN2S. The Morgan fingerprint density at radius 3 is 2.93 bits per heavy atom. The fraction of sp³-hybridized carbons (Fsp3) is 0.600. The van der Waals surface area contributed by atoms with Crippen molar-refractivity contribution in [1.82, 2.24) is 5.32 Å². The monoisotopic (exact) mass is 276 g/mol. The van der Waals surface area contributed by atoms with Crippen LogP contribution in [0.4, 0.5) is 0 Å². The van der Waals surface area contributed by atoms with E-state index < -0.39 is 0 Å². The Balaban J connectivity index is 2.10. The molecule has 0 bridgehead atoms. The second kappa shape index (κ2) is 6.56. The predicted molar refractivity (Wildman–Crippen MR) is 66.8 cm³/mol. The van der Waals surface area contributed by atoms with E-state index in [0.717, 1.165) is 26.1 Å². The maximum absolute atomic E-state index is 5.52. The smallest absolute Gasteiger partial charge is 0.0701 e. The minimum Gasteiger partial charge on any atom is -0.330 e. The normalized spacial score (nSPS) is 13.1. The van der Waals surface area contributed by atoms with Gasteiger partial charge in [0.2, 0.25) is 0 Å². The summed E-state index contributed by atoms with van der Waals surface area (Å²) in [7, 11) is 0. The van der Waals surface area contributed by atoms with Crippen molar-refractivity contribution in [3.63, 3.8) is 0 Å². The summed E-state index contributed by atoms with van der Waals surface area (Å²) < 4.78 is 1.21. The van der Waals surface area contributed by atoms with Gasteiger partial charge in [-0.25, -0.2) is 0 Å². The molecule has 0 amide bonds. The Morgan fingerprint density at radius 2 is 2.36 bits per heavy atom. The number of hydrogen-bond acceptors (Lipinski definition) is 3. The van der Waals surface area contributed by atoms with Crippen LogP contribution in [0.2, 0.25) is 0 Å². The first kappa shape index (κ1) is 12.2. The number of hydrogen-bond donors (Lipinski definition) is 2. The van der Waals surface area contributed by atoms with Crippen molar-refractivity contribution in [2.75, 3.05) is 19.6 Å². The van der Waals surface area contributed by atoms with Crippen LogP contribution in [0.1, 0.15) is 11.8 Å². The molecule has 0 aliphatic rings. The van der Waals surface area contributed by atoms with E-state index in [1.165, 1.54) is 8.66 Å². The molecule has 0 saturated carbocycles. The standard InChI is InChI=1S/C10H17BrN2S/c1-8(6-12)7-13-5-4-9-2-3-10(11)14-9/h2-3,8,13H,4-7,12H2,1H3. The SMILES string of the molecule is CC(CN)CNCCc1ccc(Br)s1. The Bertz CT molecular complexity index is 262. The number of halogens is 1. The Hall–Kier alpha value is 0.1000. The molecule has 0 aliphatic heterocycles. The van der Waals surface area contributed by atoms with Gasteiger partial charge >= 0.3 is 0 Å². The highest BCUT2D eigenvalue weighted by Gasteiger charge is 1.99. The molecule has 0 fully saturated rings. The van der Waals surface area contributed by atoms with Crippen LogP contribution in [0, 0.1) is 5.92 Å². The molecule has 0 radical (unpaired) electrons. The predicted octanol–water partition coefficient (Wildman–Crippen LogP) is 2.24. The van der Waals surface area contributed by atoms with Crippen LogP contribution in [-0.4, -0.2) is 19.6 Å². The van der Waals surface area contributed by atoms with Gasteiger partial charge in [0, 0.05) is 4.88 Å². The van der Waals surface area contributed by atoms with Crippen molar-refractivity contribution < 1.29 is 0 Å². The molecule has 0 aliphatic carbocycles. The quantitative estimate of drug-likeness (QED) is 0.783. The largest absolute Gasteiger partial charge is 0.330 e. The van der Waals surface area contributed by atoms with Crippen LogP contribution in [0.15, 0.2) is 15.9 Å². The van der Waals surface area contributed by atoms with Gasteiger partial charge in [0.05, 0.1) is 3.79 Å². The molecule has 3 N–H and O–H groups in total. The number of rotatable bonds is 6. The fourth-order valence-electron chi connectivity index (χ4n) is 1.13. The van der Waals surface area contributed by atoms with Gasteiger partial charge in [0.1, 0.15) is 0 Å². The van der Waals surface area contributed by atoms with E-state index in [9.17, 15) is 0 Å². The molecule has 1 atom stereocenters. The minimum absolute atomic E-state index is 0.574. The zero-order valence-corrected chi connectivity index (χ0v) is 10.8. The van der Waals surface area contributed by atoms with Crippen LogP contribution >= 0.6 is 27.3 Å². The summed E-state index contributed by atoms with van der Waals surface area (Å²) in [4.78, 5) is 1.42. The van der Waals surface area contributed by atoms with Gasteiger partial charge in [-0.3, -0.25) is 0 Å². The Labute approximate surface area is 98.0 Å². The summed E-state index contributed by atoms with van der Waals surface area (Å²) in [5.74, 6) is 0.574. The van der Waals surface area contributed by atoms with Crippen molar-refractivity contribution in [3.05, 3.63) is 20.8 Å². The molecule has 0 aromatic carbocycles. The second-order valence-corrected chi connectivity index (χ2v) is 6.05. The summed E-state index contributed by atoms with van der Waals surface area (Å²) in [6.07, 6.45) is 1.10. The van der Waals surface area contributed by atoms with E-state index in [4.69, 9.17) is 5.73 Å². The van der Waals surface area contributed by atoms with E-state index in [1.54, 1.807) is 11.3 Å². The molecule has 1 aromatic heterocycles. The Morgan fingerprint density at radius 1 is 1.57 bits per heavy atom. The van der Waals surface area contributed by atoms with E-state index in [0.29, 0.717) is 5.92 Å². The molecule has 1 unspecified atom stereocenters. The lowest BCUT2D eigenvalue weighted by Crippen LogP contribution is -2.27. The maximum atomic E-state index is 5.52. The summed E-state index contributed by atoms with van der Waals surface area (Å²) in [6.45, 7) is 4.98. The average Bonchev–Trinajstić information content (AvgIpc) is 2.58. The topological polar surface area (TPSA) is 38.0 Å². The van der Waals surface area contributed by atoms with Gasteiger partial charge in [0.25, 0.3) is 0 Å². The number of nitrogens with two attached hydrogens (primary N) is 1. The van der Waals surface area contributed by atoms with Crippen LogP contribution in [0.25, 0.3) is 0 Å². The first-order chi connectivity index (χ1) is 6.72. The highest BCUT2D eigenvalue weighted by molar-refractivity contribution is 9.11. The van der Waals surface area contributed by atoms with Crippen LogP contribution in [0.5, 0.6) is 0 Å². The number of nitrogens with one attached hydrogen (secondary N) is 1. The molecule has 0 spiro atoms. The molecule has 1 rings (SSSR count). The van der Waals surface area contributed by atoms with Crippen molar-refractivity contribution >= 4 is 27.3 Å². The molecule has 14 heavy (non-hydrogen) atoms. The lowest BCUT2D eigenvalue weighted by molar-refractivity contribution is 0.525. The van der Waals surface area contributed by atoms with E-state index in [1.807, 2.05) is 0 Å². The molecular weight excluding hydrogens is 260 g/mol. The van der Waals surface area contributed by atoms with Crippen LogP contribution < -0.4 is 11.1 Å². The zero-order chi connectivity index (χ0) is 10.4. The van der Waals surface area contributed by atoms with Crippen molar-refractivity contribution in [3.8, 4) is 0 Å². The van der Waals surface area contributed by atoms with E-state index >= 15 is 0 Å². The lowest BCUT2D eigenvalue weighted by atomic mass is 10.2. The molecule has 0 saturated heterocycles. The van der Waals surface area contributed by atoms with E-state index in [2.05, 4.69) is 40.3 Å². The van der Waals surface area contributed by atoms with Crippen molar-refractivity contribution in [2.45, 2.75) is 13.3 Å². The van der Waals surface area contributed by atoms with Crippen molar-refractivity contribution in [1.29, 1.82) is 0 Å². The molecule has 1 heterocycles. The van der Waals surface area contributed by atoms with Gasteiger partial charge in [-0.2, -0.15) is 0 Å². The number of thiophene rings is 1. The first-order valence-electron chi connectivity index (χ1n) is 4.87. The highest BCUT2D eigenvalue weighted by atomic mass is 79.9. The molecule has 80 valence electrons. The van der Waals surface area contributed by atoms with Gasteiger partial charge < -0.3 is 11.1 Å². The lowest BCUT2D eigenvalue weighted by Gasteiger charge is -2.08. The maximum Gasteiger partial charge on any atom is 0.0701 e. The van der Waals surface area contributed by atoms with Crippen molar-refractivity contribution in [2.24, 2.45) is 11.7 Å². The summed E-state index contributed by atoms with van der Waals surface area (Å²) in [5, 5.41) is 3.41. The molecule has 4 heteroatoms. The summed E-state index contributed by atoms with van der Waals surface area (Å²) in [5.41, 5.74) is 5.52. The van der Waals surface area contributed by atoms with Gasteiger partial charge in [-0.1, -0.05) is 6.92 Å². The summed E-state index contributed by atoms with van der Waals surface area (Å²) in [6, 6.07) is 4.27. The average molecular weight is 277 g/mol.